The highest BCUT2D eigenvalue weighted by Crippen LogP contribution is 2.43. The highest BCUT2D eigenvalue weighted by Gasteiger charge is 2.23. The molecule has 1 aliphatic rings. The van der Waals surface area contributed by atoms with Crippen molar-refractivity contribution in [2.45, 2.75) is 12.8 Å². The first-order valence-corrected chi connectivity index (χ1v) is 23.0. The van der Waals surface area contributed by atoms with Gasteiger partial charge in [-0.25, -0.2) is 0 Å². The molecule has 0 spiro atoms. The third kappa shape index (κ3) is 7.10. The molecule has 12 rings (SSSR count). The number of anilines is 2. The molecule has 0 fully saturated rings. The molecule has 1 aromatic heterocycles. The highest BCUT2D eigenvalue weighted by atomic mass is 15.1. The van der Waals surface area contributed by atoms with Crippen molar-refractivity contribution in [3.8, 4) is 50.2 Å². The summed E-state index contributed by atoms with van der Waals surface area (Å²) in [6.07, 6.45) is 6.63. The molecule has 0 N–H and O–H groups in total. The van der Waals surface area contributed by atoms with E-state index in [1.54, 1.807) is 0 Å². The fourth-order valence-electron chi connectivity index (χ4n) is 10.1. The Morgan fingerprint density at radius 3 is 1.44 bits per heavy atom. The smallest absolute Gasteiger partial charge is 0.0541 e. The molecule has 0 radical (unpaired) electrons. The van der Waals surface area contributed by atoms with Crippen molar-refractivity contribution in [1.29, 1.82) is 0 Å². The average molecular weight is 843 g/mol. The van der Waals surface area contributed by atoms with Crippen molar-refractivity contribution >= 4 is 49.5 Å². The summed E-state index contributed by atoms with van der Waals surface area (Å²) in [5.41, 5.74) is 19.2. The maximum atomic E-state index is 2.47. The molecule has 312 valence electrons. The summed E-state index contributed by atoms with van der Waals surface area (Å²) >= 11 is 0. The Morgan fingerprint density at radius 1 is 0.348 bits per heavy atom. The molecule has 2 heteroatoms. The molecule has 0 bridgehead atoms. The Balaban J connectivity index is 1.00. The van der Waals surface area contributed by atoms with Gasteiger partial charge in [0.05, 0.1) is 16.7 Å². The molecule has 2 nitrogen and oxygen atoms in total. The van der Waals surface area contributed by atoms with Crippen molar-refractivity contribution in [3.05, 3.63) is 266 Å². The monoisotopic (exact) mass is 842 g/mol. The Morgan fingerprint density at radius 2 is 0.818 bits per heavy atom. The van der Waals surface area contributed by atoms with Crippen molar-refractivity contribution < 1.29 is 0 Å². The van der Waals surface area contributed by atoms with Gasteiger partial charge < -0.3 is 9.47 Å². The number of rotatable bonds is 9. The molecule has 0 unspecified atom stereocenters. The standard InChI is InChI=1S/C64H46N2/c1-3-16-45(17-4-1)47-30-32-48(33-31-47)49-34-39-53(40-35-49)65(61-27-12-9-23-57(61)56-26-15-21-50-20-7-8-22-55(50)56)54-41-36-51(37-42-54)60-44-52(46-18-5-2-6-19-46)38-43-64(60)66-62-28-13-10-24-58(62)59-25-11-14-29-63(59)66/h1-8,10-22,24-44H,9,23H2. The molecule has 1 heterocycles. The first kappa shape index (κ1) is 39.2. The van der Waals surface area contributed by atoms with Gasteiger partial charge in [-0.3, -0.25) is 0 Å². The number of allylic oxidation sites excluding steroid dienone is 3. The van der Waals surface area contributed by atoms with Crippen LogP contribution < -0.4 is 4.90 Å². The lowest BCUT2D eigenvalue weighted by Crippen LogP contribution is -2.18. The molecule has 11 aromatic rings. The van der Waals surface area contributed by atoms with Gasteiger partial charge in [0.1, 0.15) is 0 Å². The van der Waals surface area contributed by atoms with Crippen LogP contribution >= 0.6 is 0 Å². The van der Waals surface area contributed by atoms with E-state index < -0.39 is 0 Å². The van der Waals surface area contributed by atoms with Gasteiger partial charge in [0.15, 0.2) is 0 Å². The van der Waals surface area contributed by atoms with E-state index in [0.29, 0.717) is 0 Å². The maximum Gasteiger partial charge on any atom is 0.0541 e. The van der Waals surface area contributed by atoms with E-state index in [-0.39, 0.29) is 0 Å². The molecule has 1 aliphatic carbocycles. The third-order valence-electron chi connectivity index (χ3n) is 13.3. The molecule has 0 saturated carbocycles. The summed E-state index contributed by atoms with van der Waals surface area (Å²) in [5.74, 6) is 0. The van der Waals surface area contributed by atoms with Crippen molar-refractivity contribution in [2.24, 2.45) is 0 Å². The van der Waals surface area contributed by atoms with Crippen LogP contribution in [0.15, 0.2) is 261 Å². The predicted octanol–water partition coefficient (Wildman–Crippen LogP) is 17.5. The number of para-hydroxylation sites is 2. The van der Waals surface area contributed by atoms with E-state index in [2.05, 4.69) is 264 Å². The van der Waals surface area contributed by atoms with Crippen molar-refractivity contribution in [2.75, 3.05) is 4.90 Å². The summed E-state index contributed by atoms with van der Waals surface area (Å²) < 4.78 is 2.44. The molecule has 0 aliphatic heterocycles. The second kappa shape index (κ2) is 16.9. The van der Waals surface area contributed by atoms with Gasteiger partial charge in [0, 0.05) is 33.4 Å². The van der Waals surface area contributed by atoms with Crippen LogP contribution in [0.5, 0.6) is 0 Å². The van der Waals surface area contributed by atoms with Crippen LogP contribution in [0.3, 0.4) is 0 Å². The van der Waals surface area contributed by atoms with Crippen LogP contribution in [-0.4, -0.2) is 4.57 Å². The minimum absolute atomic E-state index is 0.953. The Labute approximate surface area is 386 Å². The molecule has 0 amide bonds. The second-order valence-corrected chi connectivity index (χ2v) is 17.2. The lowest BCUT2D eigenvalue weighted by molar-refractivity contribution is 1.02. The van der Waals surface area contributed by atoms with Gasteiger partial charge in [0.2, 0.25) is 0 Å². The summed E-state index contributed by atoms with van der Waals surface area (Å²) in [4.78, 5) is 2.47. The molecular weight excluding hydrogens is 797 g/mol. The molecule has 0 saturated heterocycles. The summed E-state index contributed by atoms with van der Waals surface area (Å²) in [5, 5.41) is 5.04. The van der Waals surface area contributed by atoms with Crippen LogP contribution in [-0.2, 0) is 0 Å². The predicted molar refractivity (Wildman–Crippen MR) is 280 cm³/mol. The minimum atomic E-state index is 0.953. The molecule has 0 atom stereocenters. The number of hydrogen-bond acceptors (Lipinski definition) is 1. The number of benzene rings is 10. The van der Waals surface area contributed by atoms with E-state index in [9.17, 15) is 0 Å². The third-order valence-corrected chi connectivity index (χ3v) is 13.3. The summed E-state index contributed by atoms with van der Waals surface area (Å²) in [6.45, 7) is 0. The van der Waals surface area contributed by atoms with Crippen molar-refractivity contribution in [1.82, 2.24) is 4.57 Å². The fourth-order valence-corrected chi connectivity index (χ4v) is 10.1. The zero-order chi connectivity index (χ0) is 43.8. The minimum Gasteiger partial charge on any atom is -0.310 e. The van der Waals surface area contributed by atoms with Gasteiger partial charge in [0.25, 0.3) is 0 Å². The average Bonchev–Trinajstić information content (AvgIpc) is 3.74. The summed E-state index contributed by atoms with van der Waals surface area (Å²) in [7, 11) is 0. The maximum absolute atomic E-state index is 2.47. The SMILES string of the molecule is C1=CC(N(c2ccc(-c3ccc(-c4ccccc4)cc3)cc2)c2ccc(-c3cc(-c4ccccc4)ccc3-n3c4ccccc4c4ccccc43)cc2)=C(c2cccc3ccccc23)CC1. The van der Waals surface area contributed by atoms with E-state index in [4.69, 9.17) is 0 Å². The van der Waals surface area contributed by atoms with Gasteiger partial charge in [-0.15, -0.1) is 0 Å². The number of aromatic nitrogens is 1. The highest BCUT2D eigenvalue weighted by molar-refractivity contribution is 6.10. The van der Waals surface area contributed by atoms with Gasteiger partial charge in [-0.2, -0.15) is 0 Å². The van der Waals surface area contributed by atoms with E-state index in [1.807, 2.05) is 0 Å². The first-order chi connectivity index (χ1) is 32.7. The first-order valence-electron chi connectivity index (χ1n) is 23.0. The summed E-state index contributed by atoms with van der Waals surface area (Å²) in [6, 6.07) is 88.6. The van der Waals surface area contributed by atoms with E-state index in [1.165, 1.54) is 88.4 Å². The topological polar surface area (TPSA) is 8.17 Å². The molecule has 66 heavy (non-hydrogen) atoms. The fraction of sp³-hybridized carbons (Fsp3) is 0.0312. The van der Waals surface area contributed by atoms with Crippen LogP contribution in [0.4, 0.5) is 11.4 Å². The van der Waals surface area contributed by atoms with Gasteiger partial charge in [-0.05, 0) is 128 Å². The van der Waals surface area contributed by atoms with Crippen LogP contribution in [0.1, 0.15) is 18.4 Å². The molecule has 10 aromatic carbocycles. The second-order valence-electron chi connectivity index (χ2n) is 17.2. The number of fused-ring (bicyclic) bond motifs is 4. The normalized spacial score (nSPS) is 12.6. The van der Waals surface area contributed by atoms with E-state index in [0.717, 1.165) is 35.5 Å². The number of hydrogen-bond donors (Lipinski definition) is 0. The molecular formula is C64H46N2. The van der Waals surface area contributed by atoms with Crippen LogP contribution in [0, 0.1) is 0 Å². The lowest BCUT2D eigenvalue weighted by atomic mass is 9.90. The Kier molecular flexibility index (Phi) is 10.0. The Hall–Kier alpha value is -8.46. The van der Waals surface area contributed by atoms with Crippen molar-refractivity contribution in [3.63, 3.8) is 0 Å². The van der Waals surface area contributed by atoms with Gasteiger partial charge in [-0.1, -0.05) is 200 Å². The largest absolute Gasteiger partial charge is 0.310 e. The van der Waals surface area contributed by atoms with E-state index >= 15 is 0 Å². The van der Waals surface area contributed by atoms with Crippen LogP contribution in [0.2, 0.25) is 0 Å². The zero-order valence-corrected chi connectivity index (χ0v) is 36.6. The van der Waals surface area contributed by atoms with Crippen LogP contribution in [0.25, 0.3) is 88.3 Å². The quantitative estimate of drug-likeness (QED) is 0.141. The lowest BCUT2D eigenvalue weighted by Gasteiger charge is -2.31. The number of nitrogens with zero attached hydrogens (tertiary/aromatic N) is 2. The Bertz CT molecular complexity index is 3540. The zero-order valence-electron chi connectivity index (χ0n) is 36.6. The van der Waals surface area contributed by atoms with Gasteiger partial charge >= 0.3 is 0 Å².